The van der Waals surface area contributed by atoms with Crippen LogP contribution in [0.5, 0.6) is 0 Å². The highest BCUT2D eigenvalue weighted by molar-refractivity contribution is 6.13. The van der Waals surface area contributed by atoms with Gasteiger partial charge in [0.05, 0.1) is 0 Å². The van der Waals surface area contributed by atoms with Gasteiger partial charge in [-0.3, -0.25) is 4.79 Å². The molecule has 0 aliphatic rings. The zero-order valence-electron chi connectivity index (χ0n) is 15.8. The molecule has 2 N–H and O–H groups in total. The third-order valence-electron chi connectivity index (χ3n) is 4.49. The molecule has 0 spiro atoms. The first-order chi connectivity index (χ1) is 15.1. The van der Waals surface area contributed by atoms with Gasteiger partial charge in [0.15, 0.2) is 0 Å². The molecule has 0 fully saturated rings. The van der Waals surface area contributed by atoms with Crippen molar-refractivity contribution in [2.75, 3.05) is 0 Å². The van der Waals surface area contributed by atoms with Crippen LogP contribution in [0.3, 0.4) is 0 Å². The normalized spacial score (nSPS) is 12.2. The molecule has 11 heteroatoms. The number of aromatic amines is 2. The largest absolute Gasteiger partial charge is 0.449 e. The number of hydrogen-bond acceptors (Lipinski definition) is 3. The number of hydrogen-bond donors (Lipinski definition) is 2. The monoisotopic (exact) mass is 450 g/mol. The summed E-state index contributed by atoms with van der Waals surface area (Å²) in [6.45, 7) is 0. The molecule has 32 heavy (non-hydrogen) atoms. The Morgan fingerprint density at radius 1 is 0.625 bits per heavy atom. The van der Waals surface area contributed by atoms with E-state index in [1.165, 1.54) is 48.5 Å². The smallest absolute Gasteiger partial charge is 0.331 e. The van der Waals surface area contributed by atoms with Gasteiger partial charge in [-0.1, -0.05) is 60.7 Å². The minimum Gasteiger partial charge on any atom is -0.331 e. The lowest BCUT2D eigenvalue weighted by Crippen LogP contribution is -2.10. The molecule has 0 unspecified atom stereocenters. The van der Waals surface area contributed by atoms with Crippen molar-refractivity contribution < 1.29 is 31.1 Å². The predicted molar refractivity (Wildman–Crippen MR) is 101 cm³/mol. The summed E-state index contributed by atoms with van der Waals surface area (Å²) in [5.41, 5.74) is -1.55. The third kappa shape index (κ3) is 4.01. The average Bonchev–Trinajstić information content (AvgIpc) is 3.40. The lowest BCUT2D eigenvalue weighted by atomic mass is 10.0. The Morgan fingerprint density at radius 2 is 0.969 bits per heavy atom. The number of benzene rings is 2. The van der Waals surface area contributed by atoms with Crippen LogP contribution in [0, 0.1) is 0 Å². The van der Waals surface area contributed by atoms with E-state index in [0.717, 1.165) is 0 Å². The van der Waals surface area contributed by atoms with E-state index in [-0.39, 0.29) is 22.5 Å². The van der Waals surface area contributed by atoms with E-state index in [2.05, 4.69) is 9.97 Å². The Bertz CT molecular complexity index is 1160. The third-order valence-corrected chi connectivity index (χ3v) is 4.49. The number of imidazole rings is 2. The van der Waals surface area contributed by atoms with Gasteiger partial charge in [0.25, 0.3) is 0 Å². The van der Waals surface area contributed by atoms with Crippen LogP contribution < -0.4 is 0 Å². The topological polar surface area (TPSA) is 74.4 Å². The van der Waals surface area contributed by atoms with Crippen molar-refractivity contribution in [2.24, 2.45) is 0 Å². The summed E-state index contributed by atoms with van der Waals surface area (Å²) >= 11 is 0. The first kappa shape index (κ1) is 21.3. The number of carbonyl (C=O) groups is 1. The highest BCUT2D eigenvalue weighted by atomic mass is 19.4. The van der Waals surface area contributed by atoms with Crippen LogP contribution in [0.2, 0.25) is 0 Å². The summed E-state index contributed by atoms with van der Waals surface area (Å²) in [7, 11) is 0. The van der Waals surface area contributed by atoms with E-state index in [0.29, 0.717) is 0 Å². The van der Waals surface area contributed by atoms with Crippen LogP contribution in [0.1, 0.15) is 27.8 Å². The maximum atomic E-state index is 13.3. The second kappa shape index (κ2) is 7.66. The van der Waals surface area contributed by atoms with Gasteiger partial charge in [0.1, 0.15) is 22.8 Å². The quantitative estimate of drug-likeness (QED) is 0.308. The Hall–Kier alpha value is -3.89. The van der Waals surface area contributed by atoms with E-state index in [4.69, 9.17) is 0 Å². The summed E-state index contributed by atoms with van der Waals surface area (Å²) < 4.78 is 79.8. The van der Waals surface area contributed by atoms with Crippen LogP contribution in [0.15, 0.2) is 60.7 Å². The molecule has 2 heterocycles. The fourth-order valence-electron chi connectivity index (χ4n) is 3.08. The predicted octanol–water partition coefficient (Wildman–Crippen LogP) is 5.74. The first-order valence-corrected chi connectivity index (χ1v) is 9.05. The van der Waals surface area contributed by atoms with E-state index < -0.39 is 41.2 Å². The number of rotatable bonds is 4. The number of aromatic nitrogens is 4. The molecule has 4 rings (SSSR count). The number of ketones is 1. The minimum atomic E-state index is -4.91. The zero-order chi connectivity index (χ0) is 23.1. The molecule has 164 valence electrons. The fourth-order valence-corrected chi connectivity index (χ4v) is 3.08. The number of alkyl halides is 6. The molecule has 0 radical (unpaired) electrons. The standard InChI is InChI=1S/C21H12F6N4O/c22-20(23,24)18-28-13(11-7-3-1-4-8-11)15(30-18)17(32)16-14(12-9-5-2-6-10-12)29-19(31-16)21(25,26)27/h1-10H,(H,28,30)(H,29,31). The minimum absolute atomic E-state index is 0.180. The molecule has 0 atom stereocenters. The number of halogens is 6. The Balaban J connectivity index is 1.92. The second-order valence-corrected chi connectivity index (χ2v) is 6.67. The summed E-state index contributed by atoms with van der Waals surface area (Å²) in [4.78, 5) is 24.1. The van der Waals surface area contributed by atoms with Crippen molar-refractivity contribution in [3.63, 3.8) is 0 Å². The number of H-pyrrole nitrogens is 2. The maximum absolute atomic E-state index is 13.3. The molecular formula is C21H12F6N4O. The van der Waals surface area contributed by atoms with Gasteiger partial charge in [-0.25, -0.2) is 9.97 Å². The van der Waals surface area contributed by atoms with Crippen molar-refractivity contribution in [3.05, 3.63) is 83.7 Å². The molecule has 2 aromatic heterocycles. The second-order valence-electron chi connectivity index (χ2n) is 6.67. The van der Waals surface area contributed by atoms with E-state index in [1.807, 2.05) is 9.97 Å². The molecule has 0 aliphatic carbocycles. The van der Waals surface area contributed by atoms with Crippen molar-refractivity contribution in [2.45, 2.75) is 12.4 Å². The zero-order valence-corrected chi connectivity index (χ0v) is 15.8. The van der Waals surface area contributed by atoms with Crippen molar-refractivity contribution in [1.29, 1.82) is 0 Å². The SMILES string of the molecule is O=C(c1[nH]c(C(F)(F)F)nc1-c1ccccc1)c1[nH]c(C(F)(F)F)nc1-c1ccccc1. The molecule has 2 aromatic carbocycles. The van der Waals surface area contributed by atoms with E-state index in [9.17, 15) is 31.1 Å². The van der Waals surface area contributed by atoms with Crippen molar-refractivity contribution in [1.82, 2.24) is 19.9 Å². The summed E-state index contributed by atoms with van der Waals surface area (Å²) in [5.74, 6) is -4.04. The van der Waals surface area contributed by atoms with Crippen LogP contribution in [0.25, 0.3) is 22.5 Å². The molecule has 0 saturated heterocycles. The molecule has 0 bridgehead atoms. The number of nitrogens with one attached hydrogen (secondary N) is 2. The highest BCUT2D eigenvalue weighted by Crippen LogP contribution is 2.35. The summed E-state index contributed by atoms with van der Waals surface area (Å²) in [5, 5.41) is 0. The molecule has 5 nitrogen and oxygen atoms in total. The molecule has 0 aliphatic heterocycles. The van der Waals surface area contributed by atoms with Crippen LogP contribution in [-0.4, -0.2) is 25.7 Å². The van der Waals surface area contributed by atoms with Gasteiger partial charge in [-0.15, -0.1) is 0 Å². The Kier molecular flexibility index (Phi) is 5.11. The lowest BCUT2D eigenvalue weighted by molar-refractivity contribution is -0.145. The van der Waals surface area contributed by atoms with Gasteiger partial charge >= 0.3 is 12.4 Å². The number of nitrogens with zero attached hydrogens (tertiary/aromatic N) is 2. The van der Waals surface area contributed by atoms with Crippen LogP contribution in [-0.2, 0) is 12.4 Å². The summed E-state index contributed by atoms with van der Waals surface area (Å²) in [6.07, 6.45) is -9.81. The Morgan fingerprint density at radius 3 is 1.28 bits per heavy atom. The van der Waals surface area contributed by atoms with Gasteiger partial charge in [0.2, 0.25) is 17.4 Å². The van der Waals surface area contributed by atoms with E-state index >= 15 is 0 Å². The molecular weight excluding hydrogens is 438 g/mol. The average molecular weight is 450 g/mol. The lowest BCUT2D eigenvalue weighted by Gasteiger charge is -2.04. The molecule has 0 saturated carbocycles. The fraction of sp³-hybridized carbons (Fsp3) is 0.0952. The highest BCUT2D eigenvalue weighted by Gasteiger charge is 2.40. The maximum Gasteiger partial charge on any atom is 0.449 e. The van der Waals surface area contributed by atoms with E-state index in [1.54, 1.807) is 12.1 Å². The summed E-state index contributed by atoms with van der Waals surface area (Å²) in [6, 6.07) is 15.0. The van der Waals surface area contributed by atoms with Crippen molar-refractivity contribution in [3.8, 4) is 22.5 Å². The first-order valence-electron chi connectivity index (χ1n) is 9.05. The van der Waals surface area contributed by atoms with Gasteiger partial charge in [0, 0.05) is 11.1 Å². The van der Waals surface area contributed by atoms with Gasteiger partial charge in [-0.2, -0.15) is 26.3 Å². The molecule has 4 aromatic rings. The Labute approximate surface area is 176 Å². The van der Waals surface area contributed by atoms with Gasteiger partial charge in [-0.05, 0) is 0 Å². The van der Waals surface area contributed by atoms with Gasteiger partial charge < -0.3 is 9.97 Å². The van der Waals surface area contributed by atoms with Crippen molar-refractivity contribution >= 4 is 5.78 Å². The number of carbonyl (C=O) groups excluding carboxylic acids is 1. The molecule has 0 amide bonds. The van der Waals surface area contributed by atoms with Crippen LogP contribution in [0.4, 0.5) is 26.3 Å². The van der Waals surface area contributed by atoms with Crippen LogP contribution >= 0.6 is 0 Å².